The second-order valence-electron chi connectivity index (χ2n) is 11.1. The maximum Gasteiger partial charge on any atom is 0.417 e. The van der Waals surface area contributed by atoms with E-state index < -0.39 is 0 Å². The van der Waals surface area contributed by atoms with Crippen molar-refractivity contribution >= 4 is 5.57 Å². The molecule has 0 radical (unpaired) electrons. The summed E-state index contributed by atoms with van der Waals surface area (Å²) < 4.78 is 5.16. The van der Waals surface area contributed by atoms with E-state index >= 15 is 0 Å². The lowest BCUT2D eigenvalue weighted by atomic mass is 9.86. The van der Waals surface area contributed by atoms with E-state index in [-0.39, 0.29) is 5.66 Å². The zero-order valence-corrected chi connectivity index (χ0v) is 20.8. The van der Waals surface area contributed by atoms with Crippen molar-refractivity contribution in [3.63, 3.8) is 0 Å². The van der Waals surface area contributed by atoms with Gasteiger partial charge in [-0.15, -0.1) is 9.13 Å². The van der Waals surface area contributed by atoms with Crippen molar-refractivity contribution in [1.29, 1.82) is 0 Å². The Kier molecular flexibility index (Phi) is 3.71. The van der Waals surface area contributed by atoms with Gasteiger partial charge in [-0.25, -0.2) is 0 Å². The number of aryl methyl sites for hydroxylation is 3. The summed E-state index contributed by atoms with van der Waals surface area (Å²) in [6, 6.07) is 21.0. The fraction of sp³-hybridized carbons (Fsp3) is 0.273. The summed E-state index contributed by atoms with van der Waals surface area (Å²) in [6.07, 6.45) is 11.1. The number of aromatic nitrogens is 2. The molecular formula is C33H30N2+2. The van der Waals surface area contributed by atoms with Gasteiger partial charge in [-0.2, -0.15) is 0 Å². The molecule has 4 aromatic rings. The average Bonchev–Trinajstić information content (AvgIpc) is 3.48. The van der Waals surface area contributed by atoms with Crippen LogP contribution >= 0.6 is 0 Å². The molecular weight excluding hydrogens is 424 g/mol. The Morgan fingerprint density at radius 2 is 1.54 bits per heavy atom. The first-order valence-electron chi connectivity index (χ1n) is 13.1. The fourth-order valence-corrected chi connectivity index (χ4v) is 7.50. The highest BCUT2D eigenvalue weighted by Crippen LogP contribution is 2.52. The molecule has 2 aromatic carbocycles. The molecule has 1 spiro atoms. The van der Waals surface area contributed by atoms with E-state index in [1.165, 1.54) is 81.6 Å². The normalized spacial score (nSPS) is 20.4. The van der Waals surface area contributed by atoms with Gasteiger partial charge in [0.15, 0.2) is 12.4 Å². The summed E-state index contributed by atoms with van der Waals surface area (Å²) in [5.41, 5.74) is 18.4. The molecule has 2 nitrogen and oxygen atoms in total. The molecule has 0 saturated carbocycles. The first-order valence-corrected chi connectivity index (χ1v) is 13.1. The van der Waals surface area contributed by atoms with E-state index in [1.54, 1.807) is 16.7 Å². The Balaban J connectivity index is 1.54. The number of nitrogens with zero attached hydrogens (tertiary/aromatic N) is 2. The molecule has 1 unspecified atom stereocenters. The molecule has 4 aliphatic rings. The smallest absolute Gasteiger partial charge is 0.125 e. The van der Waals surface area contributed by atoms with E-state index in [4.69, 9.17) is 0 Å². The number of fused-ring (bicyclic) bond motifs is 13. The minimum atomic E-state index is -0.390. The van der Waals surface area contributed by atoms with E-state index in [0.717, 1.165) is 6.42 Å². The number of pyridine rings is 2. The molecule has 0 bridgehead atoms. The van der Waals surface area contributed by atoms with Crippen LogP contribution in [-0.4, -0.2) is 0 Å². The standard InChI is InChI=1S/C33H30N2/c1-20-12-15-30-26-10-6-7-11-28(26)33(34(30)18-20)29-14-13-25-24-9-5-4-8-23(24)17-27(25)32(29)31-16-21(2)22(3)19-35(31)33/h6-7,10-16,18-19H,4-5,8-9,17H2,1-3H3/q+2. The van der Waals surface area contributed by atoms with Crippen LogP contribution in [0, 0.1) is 20.8 Å². The average molecular weight is 455 g/mol. The van der Waals surface area contributed by atoms with Crippen molar-refractivity contribution in [2.45, 2.75) is 58.5 Å². The van der Waals surface area contributed by atoms with Crippen molar-refractivity contribution in [3.05, 3.63) is 112 Å². The number of hydrogen-bond acceptors (Lipinski definition) is 0. The predicted molar refractivity (Wildman–Crippen MR) is 139 cm³/mol. The molecule has 2 aromatic heterocycles. The van der Waals surface area contributed by atoms with Gasteiger partial charge in [0.1, 0.15) is 11.1 Å². The maximum atomic E-state index is 2.60. The van der Waals surface area contributed by atoms with E-state index in [0.29, 0.717) is 0 Å². The van der Waals surface area contributed by atoms with Gasteiger partial charge in [0.2, 0.25) is 11.4 Å². The van der Waals surface area contributed by atoms with Crippen LogP contribution in [0.5, 0.6) is 0 Å². The number of hydrogen-bond donors (Lipinski definition) is 0. The topological polar surface area (TPSA) is 7.76 Å². The van der Waals surface area contributed by atoms with Crippen molar-refractivity contribution in [2.75, 3.05) is 0 Å². The summed E-state index contributed by atoms with van der Waals surface area (Å²) >= 11 is 0. The summed E-state index contributed by atoms with van der Waals surface area (Å²) in [6.45, 7) is 6.74. The number of rotatable bonds is 0. The maximum absolute atomic E-state index is 2.60. The van der Waals surface area contributed by atoms with Gasteiger partial charge in [-0.05, 0) is 99.4 Å². The van der Waals surface area contributed by atoms with Crippen LogP contribution in [0.1, 0.15) is 64.6 Å². The van der Waals surface area contributed by atoms with Gasteiger partial charge in [0.05, 0.1) is 11.1 Å². The van der Waals surface area contributed by atoms with Gasteiger partial charge in [0.25, 0.3) is 0 Å². The number of benzene rings is 2. The molecule has 0 saturated heterocycles. The van der Waals surface area contributed by atoms with Crippen molar-refractivity contribution < 1.29 is 9.13 Å². The molecule has 0 amide bonds. The van der Waals surface area contributed by atoms with Crippen LogP contribution in [0.2, 0.25) is 0 Å². The zero-order valence-electron chi connectivity index (χ0n) is 20.8. The third-order valence-corrected chi connectivity index (χ3v) is 9.17. The largest absolute Gasteiger partial charge is 0.417 e. The first kappa shape index (κ1) is 19.8. The SMILES string of the molecule is Cc1ccc2[n+](c1)C1(c3ccccc3-2)c2ccc3c(c2-c2cc(C)c(C)c[n+]21)CC1=C3CCCC1. The third kappa shape index (κ3) is 2.26. The lowest BCUT2D eigenvalue weighted by Crippen LogP contribution is -2.71. The zero-order chi connectivity index (χ0) is 23.5. The van der Waals surface area contributed by atoms with E-state index in [1.807, 2.05) is 0 Å². The lowest BCUT2D eigenvalue weighted by Gasteiger charge is -2.18. The van der Waals surface area contributed by atoms with Gasteiger partial charge in [-0.3, -0.25) is 0 Å². The molecule has 2 aliphatic carbocycles. The molecule has 35 heavy (non-hydrogen) atoms. The molecule has 2 heteroatoms. The van der Waals surface area contributed by atoms with E-state index in [2.05, 4.69) is 96.9 Å². The van der Waals surface area contributed by atoms with Crippen LogP contribution in [-0.2, 0) is 12.1 Å². The van der Waals surface area contributed by atoms with Crippen molar-refractivity contribution in [1.82, 2.24) is 0 Å². The van der Waals surface area contributed by atoms with Crippen LogP contribution in [0.3, 0.4) is 0 Å². The molecule has 8 rings (SSSR count). The predicted octanol–water partition coefficient (Wildman–Crippen LogP) is 6.33. The number of allylic oxidation sites excluding steroid dienone is 2. The van der Waals surface area contributed by atoms with Crippen molar-refractivity contribution in [3.8, 4) is 22.5 Å². The van der Waals surface area contributed by atoms with Gasteiger partial charge >= 0.3 is 5.66 Å². The molecule has 1 atom stereocenters. The second-order valence-corrected chi connectivity index (χ2v) is 11.1. The Labute approximate surface area is 207 Å². The molecule has 0 N–H and O–H groups in total. The van der Waals surface area contributed by atoms with Gasteiger partial charge in [-0.1, -0.05) is 23.8 Å². The van der Waals surface area contributed by atoms with Crippen LogP contribution < -0.4 is 9.13 Å². The summed E-state index contributed by atoms with van der Waals surface area (Å²) in [5.74, 6) is 0. The monoisotopic (exact) mass is 454 g/mol. The van der Waals surface area contributed by atoms with Crippen molar-refractivity contribution in [2.24, 2.45) is 0 Å². The van der Waals surface area contributed by atoms with Crippen LogP contribution in [0.15, 0.2) is 72.6 Å². The highest BCUT2D eigenvalue weighted by molar-refractivity contribution is 5.86. The van der Waals surface area contributed by atoms with Crippen LogP contribution in [0.25, 0.3) is 28.1 Å². The highest BCUT2D eigenvalue weighted by atomic mass is 15.3. The van der Waals surface area contributed by atoms with E-state index in [9.17, 15) is 0 Å². The van der Waals surface area contributed by atoms with Gasteiger partial charge in [0, 0.05) is 23.3 Å². The highest BCUT2D eigenvalue weighted by Gasteiger charge is 2.67. The van der Waals surface area contributed by atoms with Gasteiger partial charge < -0.3 is 0 Å². The Morgan fingerprint density at radius 1 is 0.714 bits per heavy atom. The molecule has 0 fully saturated rings. The Morgan fingerprint density at radius 3 is 2.46 bits per heavy atom. The van der Waals surface area contributed by atoms with Crippen LogP contribution in [0.4, 0.5) is 0 Å². The summed E-state index contributed by atoms with van der Waals surface area (Å²) in [5, 5.41) is 0. The summed E-state index contributed by atoms with van der Waals surface area (Å²) in [7, 11) is 0. The second kappa shape index (κ2) is 6.57. The minimum absolute atomic E-state index is 0.390. The third-order valence-electron chi connectivity index (χ3n) is 9.17. The fourth-order valence-electron chi connectivity index (χ4n) is 7.50. The quantitative estimate of drug-likeness (QED) is 0.237. The molecule has 4 heterocycles. The summed E-state index contributed by atoms with van der Waals surface area (Å²) in [4.78, 5) is 0. The Hall–Kier alpha value is -3.52. The lowest BCUT2D eigenvalue weighted by molar-refractivity contribution is -0.955. The molecule has 2 aliphatic heterocycles. The Bertz CT molecular complexity index is 1650. The minimum Gasteiger partial charge on any atom is -0.125 e. The first-order chi connectivity index (χ1) is 17.1. The molecule has 170 valence electrons.